The average molecular weight is 435 g/mol. The zero-order valence-electron chi connectivity index (χ0n) is 16.3. The lowest BCUT2D eigenvalue weighted by atomic mass is 10.2. The molecule has 0 atom stereocenters. The van der Waals surface area contributed by atoms with Crippen LogP contribution in [0.2, 0.25) is 0 Å². The molecule has 6 nitrogen and oxygen atoms in total. The third-order valence-corrected chi connectivity index (χ3v) is 7.32. The summed E-state index contributed by atoms with van der Waals surface area (Å²) in [6.45, 7) is 0.496. The minimum Gasteiger partial charge on any atom is -0.297 e. The van der Waals surface area contributed by atoms with Gasteiger partial charge in [0.15, 0.2) is 11.0 Å². The van der Waals surface area contributed by atoms with Gasteiger partial charge in [-0.25, -0.2) is 17.1 Å². The third-order valence-electron chi connectivity index (χ3n) is 4.35. The van der Waals surface area contributed by atoms with Gasteiger partial charge in [-0.1, -0.05) is 54.2 Å². The molecule has 154 valence electrons. The SMILES string of the molecule is CN(C)S(=O)(=O)CCCSc1nnc(-c2ccccc2F)n1Cc1ccccc1. The fourth-order valence-electron chi connectivity index (χ4n) is 2.73. The number of benzene rings is 2. The number of aromatic nitrogens is 3. The van der Waals surface area contributed by atoms with Crippen molar-refractivity contribution in [2.24, 2.45) is 0 Å². The first-order chi connectivity index (χ1) is 13.9. The molecule has 1 heterocycles. The van der Waals surface area contributed by atoms with Crippen LogP contribution in [0.4, 0.5) is 4.39 Å². The second-order valence-electron chi connectivity index (χ2n) is 6.66. The molecule has 0 amide bonds. The van der Waals surface area contributed by atoms with E-state index < -0.39 is 10.0 Å². The van der Waals surface area contributed by atoms with Crippen LogP contribution in [0.25, 0.3) is 11.4 Å². The molecule has 1 aromatic heterocycles. The first-order valence-corrected chi connectivity index (χ1v) is 11.7. The highest BCUT2D eigenvalue weighted by Crippen LogP contribution is 2.27. The summed E-state index contributed by atoms with van der Waals surface area (Å²) in [7, 11) is -0.172. The summed E-state index contributed by atoms with van der Waals surface area (Å²) in [5, 5.41) is 9.11. The van der Waals surface area contributed by atoms with Crippen LogP contribution < -0.4 is 0 Å². The van der Waals surface area contributed by atoms with E-state index in [1.54, 1.807) is 18.2 Å². The largest absolute Gasteiger partial charge is 0.297 e. The lowest BCUT2D eigenvalue weighted by Gasteiger charge is -2.12. The average Bonchev–Trinajstić information content (AvgIpc) is 3.08. The van der Waals surface area contributed by atoms with Crippen molar-refractivity contribution in [3.63, 3.8) is 0 Å². The van der Waals surface area contributed by atoms with E-state index in [9.17, 15) is 12.8 Å². The molecule has 0 bridgehead atoms. The summed E-state index contributed by atoms with van der Waals surface area (Å²) in [5.41, 5.74) is 1.43. The highest BCUT2D eigenvalue weighted by Gasteiger charge is 2.18. The van der Waals surface area contributed by atoms with Crippen molar-refractivity contribution in [2.75, 3.05) is 25.6 Å². The second-order valence-corrected chi connectivity index (χ2v) is 10.0. The monoisotopic (exact) mass is 434 g/mol. The summed E-state index contributed by atoms with van der Waals surface area (Å²) in [5.74, 6) is 0.732. The van der Waals surface area contributed by atoms with Gasteiger partial charge < -0.3 is 0 Å². The van der Waals surface area contributed by atoms with Gasteiger partial charge in [-0.2, -0.15) is 0 Å². The Balaban J connectivity index is 1.82. The number of hydrogen-bond acceptors (Lipinski definition) is 5. The molecule has 0 saturated heterocycles. The van der Waals surface area contributed by atoms with Crippen LogP contribution in [0, 0.1) is 5.82 Å². The molecule has 0 aliphatic heterocycles. The lowest BCUT2D eigenvalue weighted by Crippen LogP contribution is -2.25. The summed E-state index contributed by atoms with van der Waals surface area (Å²) in [4.78, 5) is 0. The van der Waals surface area contributed by atoms with Crippen LogP contribution in [0.3, 0.4) is 0 Å². The topological polar surface area (TPSA) is 68.1 Å². The summed E-state index contributed by atoms with van der Waals surface area (Å²) in [6, 6.07) is 16.3. The molecule has 2 aromatic carbocycles. The molecule has 0 aliphatic rings. The minimum absolute atomic E-state index is 0.0694. The van der Waals surface area contributed by atoms with E-state index in [0.29, 0.717) is 35.3 Å². The minimum atomic E-state index is -3.23. The van der Waals surface area contributed by atoms with E-state index in [-0.39, 0.29) is 11.6 Å². The second kappa shape index (κ2) is 9.51. The fraction of sp³-hybridized carbons (Fsp3) is 0.300. The van der Waals surface area contributed by atoms with Crippen molar-refractivity contribution < 1.29 is 12.8 Å². The fourth-order valence-corrected chi connectivity index (χ4v) is 4.67. The molecule has 0 spiro atoms. The van der Waals surface area contributed by atoms with Gasteiger partial charge in [-0.3, -0.25) is 4.57 Å². The maximum Gasteiger partial charge on any atom is 0.213 e. The van der Waals surface area contributed by atoms with Crippen LogP contribution in [-0.4, -0.2) is 53.1 Å². The van der Waals surface area contributed by atoms with Crippen LogP contribution in [-0.2, 0) is 16.6 Å². The van der Waals surface area contributed by atoms with Crippen molar-refractivity contribution >= 4 is 21.8 Å². The lowest BCUT2D eigenvalue weighted by molar-refractivity contribution is 0.520. The highest BCUT2D eigenvalue weighted by atomic mass is 32.2. The van der Waals surface area contributed by atoms with Crippen LogP contribution in [0.15, 0.2) is 59.8 Å². The van der Waals surface area contributed by atoms with Crippen molar-refractivity contribution in [1.82, 2.24) is 19.1 Å². The van der Waals surface area contributed by atoms with Crippen LogP contribution >= 0.6 is 11.8 Å². The van der Waals surface area contributed by atoms with Gasteiger partial charge in [0.05, 0.1) is 17.9 Å². The molecule has 0 N–H and O–H groups in total. The number of halogens is 1. The molecule has 9 heteroatoms. The van der Waals surface area contributed by atoms with E-state index in [4.69, 9.17) is 0 Å². The van der Waals surface area contributed by atoms with E-state index >= 15 is 0 Å². The standard InChI is InChI=1S/C20H23FN4O2S2/c1-24(2)29(26,27)14-8-13-28-20-23-22-19(17-11-6-7-12-18(17)21)25(20)15-16-9-4-3-5-10-16/h3-7,9-12H,8,13-15H2,1-2H3. The van der Waals surface area contributed by atoms with Crippen molar-refractivity contribution in [3.05, 3.63) is 66.0 Å². The Morgan fingerprint density at radius 3 is 2.41 bits per heavy atom. The smallest absolute Gasteiger partial charge is 0.213 e. The van der Waals surface area contributed by atoms with Gasteiger partial charge in [0.1, 0.15) is 5.82 Å². The van der Waals surface area contributed by atoms with E-state index in [1.165, 1.54) is 36.2 Å². The Morgan fingerprint density at radius 1 is 1.03 bits per heavy atom. The first kappa shape index (κ1) is 21.5. The van der Waals surface area contributed by atoms with Gasteiger partial charge >= 0.3 is 0 Å². The summed E-state index contributed by atoms with van der Waals surface area (Å²) < 4.78 is 41.3. The molecule has 29 heavy (non-hydrogen) atoms. The molecule has 0 fully saturated rings. The zero-order valence-corrected chi connectivity index (χ0v) is 18.0. The van der Waals surface area contributed by atoms with Crippen LogP contribution in [0.5, 0.6) is 0 Å². The van der Waals surface area contributed by atoms with Gasteiger partial charge in [0.25, 0.3) is 0 Å². The number of nitrogens with zero attached hydrogens (tertiary/aromatic N) is 4. The molecule has 3 aromatic rings. The molecule has 0 radical (unpaired) electrons. The zero-order chi connectivity index (χ0) is 20.9. The number of sulfonamides is 1. The summed E-state index contributed by atoms with van der Waals surface area (Å²) in [6.07, 6.45) is 0.485. The predicted molar refractivity (Wildman–Crippen MR) is 114 cm³/mol. The Labute approximate surface area is 174 Å². The van der Waals surface area contributed by atoms with E-state index in [1.807, 2.05) is 34.9 Å². The maximum absolute atomic E-state index is 14.4. The number of hydrogen-bond donors (Lipinski definition) is 0. The Hall–Kier alpha value is -2.23. The van der Waals surface area contributed by atoms with Gasteiger partial charge in [-0.05, 0) is 24.1 Å². The Morgan fingerprint density at radius 2 is 1.72 bits per heavy atom. The Kier molecular flexibility index (Phi) is 7.05. The molecule has 3 rings (SSSR count). The molecule has 0 saturated carbocycles. The van der Waals surface area contributed by atoms with Crippen molar-refractivity contribution in [3.8, 4) is 11.4 Å². The summed E-state index contributed by atoms with van der Waals surface area (Å²) >= 11 is 1.42. The maximum atomic E-state index is 14.4. The third kappa shape index (κ3) is 5.43. The first-order valence-electron chi connectivity index (χ1n) is 9.13. The Bertz CT molecular complexity index is 1050. The molecule has 0 aliphatic carbocycles. The van der Waals surface area contributed by atoms with Gasteiger partial charge in [0, 0.05) is 19.8 Å². The predicted octanol–water partition coefficient (Wildman–Crippen LogP) is 3.51. The van der Waals surface area contributed by atoms with Gasteiger partial charge in [-0.15, -0.1) is 10.2 Å². The van der Waals surface area contributed by atoms with Crippen LogP contribution in [0.1, 0.15) is 12.0 Å². The van der Waals surface area contributed by atoms with E-state index in [2.05, 4.69) is 10.2 Å². The molecule has 0 unspecified atom stereocenters. The van der Waals surface area contributed by atoms with E-state index in [0.717, 1.165) is 5.56 Å². The molecular formula is C20H23FN4O2S2. The van der Waals surface area contributed by atoms with Crippen molar-refractivity contribution in [2.45, 2.75) is 18.1 Å². The molecular weight excluding hydrogens is 411 g/mol. The number of rotatable bonds is 9. The quantitative estimate of drug-likeness (QED) is 0.381. The number of thioether (sulfide) groups is 1. The highest BCUT2D eigenvalue weighted by molar-refractivity contribution is 7.99. The van der Waals surface area contributed by atoms with Gasteiger partial charge in [0.2, 0.25) is 10.0 Å². The normalized spacial score (nSPS) is 11.9. The van der Waals surface area contributed by atoms with Crippen molar-refractivity contribution in [1.29, 1.82) is 0 Å².